The minimum Gasteiger partial charge on any atom is -0.381 e. The summed E-state index contributed by atoms with van der Waals surface area (Å²) < 4.78 is 5.27. The van der Waals surface area contributed by atoms with Crippen molar-refractivity contribution in [3.8, 4) is 17.5 Å². The lowest BCUT2D eigenvalue weighted by atomic mass is 10.0. The van der Waals surface area contributed by atoms with E-state index in [1.54, 1.807) is 23.0 Å². The predicted octanol–water partition coefficient (Wildman–Crippen LogP) is 4.04. The Morgan fingerprint density at radius 2 is 1.91 bits per heavy atom. The van der Waals surface area contributed by atoms with Crippen molar-refractivity contribution in [3.05, 3.63) is 118 Å². The van der Waals surface area contributed by atoms with E-state index in [1.165, 1.54) is 4.52 Å². The van der Waals surface area contributed by atoms with Gasteiger partial charge in [-0.25, -0.2) is 14.5 Å². The van der Waals surface area contributed by atoms with Crippen LogP contribution in [0.1, 0.15) is 58.9 Å². The molecule has 0 saturated carbocycles. The third-order valence-corrected chi connectivity index (χ3v) is 7.83. The molecular formula is C33H28N8O2. The Hall–Kier alpha value is -5.69. The second-order valence-electron chi connectivity index (χ2n) is 10.6. The summed E-state index contributed by atoms with van der Waals surface area (Å²) in [5.74, 6) is 7.22. The molecule has 2 aromatic carbocycles. The number of carbonyl (C=O) groups is 1. The molecule has 1 amide bonds. The first-order valence-corrected chi connectivity index (χ1v) is 14.2. The lowest BCUT2D eigenvalue weighted by Gasteiger charge is -2.21. The highest BCUT2D eigenvalue weighted by Crippen LogP contribution is 2.25. The zero-order chi connectivity index (χ0) is 29.5. The van der Waals surface area contributed by atoms with Gasteiger partial charge >= 0.3 is 0 Å². The molecule has 212 valence electrons. The van der Waals surface area contributed by atoms with Crippen molar-refractivity contribution >= 4 is 28.1 Å². The Morgan fingerprint density at radius 1 is 1.05 bits per heavy atom. The largest absolute Gasteiger partial charge is 0.381 e. The van der Waals surface area contributed by atoms with E-state index < -0.39 is 11.9 Å². The molecule has 6 aromatic rings. The van der Waals surface area contributed by atoms with Crippen molar-refractivity contribution in [1.29, 1.82) is 0 Å². The summed E-state index contributed by atoms with van der Waals surface area (Å²) in [6.45, 7) is 2.74. The molecule has 10 heteroatoms. The maximum absolute atomic E-state index is 14.3. The number of nitrogen functional groups attached to an aromatic ring is 1. The molecule has 1 aliphatic heterocycles. The molecule has 43 heavy (non-hydrogen) atoms. The Balaban J connectivity index is 1.33. The highest BCUT2D eigenvalue weighted by Gasteiger charge is 2.24. The number of carbonyl (C=O) groups excluding carboxylic acids is 1. The van der Waals surface area contributed by atoms with Gasteiger partial charge in [-0.05, 0) is 61.4 Å². The number of fused-ring (bicyclic) bond motifs is 3. The first-order valence-electron chi connectivity index (χ1n) is 14.2. The molecule has 0 spiro atoms. The molecule has 1 atom stereocenters. The first kappa shape index (κ1) is 26.2. The molecule has 1 unspecified atom stereocenters. The summed E-state index contributed by atoms with van der Waals surface area (Å²) in [6, 6.07) is 18.1. The van der Waals surface area contributed by atoms with E-state index in [0.717, 1.165) is 42.7 Å². The van der Waals surface area contributed by atoms with Crippen molar-refractivity contribution in [3.63, 3.8) is 0 Å². The first-order chi connectivity index (χ1) is 21.0. The van der Waals surface area contributed by atoms with Gasteiger partial charge in [0, 0.05) is 42.3 Å². The summed E-state index contributed by atoms with van der Waals surface area (Å²) in [6.07, 6.45) is 8.27. The van der Waals surface area contributed by atoms with Gasteiger partial charge in [0.25, 0.3) is 11.5 Å². The zero-order valence-corrected chi connectivity index (χ0v) is 23.5. The van der Waals surface area contributed by atoms with Crippen LogP contribution in [0.2, 0.25) is 0 Å². The molecule has 7 rings (SSSR count). The van der Waals surface area contributed by atoms with Crippen LogP contribution in [-0.2, 0) is 13.0 Å². The molecule has 10 nitrogen and oxygen atoms in total. The molecule has 0 saturated heterocycles. The summed E-state index contributed by atoms with van der Waals surface area (Å²) >= 11 is 0. The monoisotopic (exact) mass is 568 g/mol. The van der Waals surface area contributed by atoms with Crippen LogP contribution in [0, 0.1) is 11.8 Å². The Kier molecular flexibility index (Phi) is 6.47. The van der Waals surface area contributed by atoms with E-state index in [9.17, 15) is 9.59 Å². The number of hydrogen-bond acceptors (Lipinski definition) is 6. The molecule has 4 aromatic heterocycles. The average Bonchev–Trinajstić information content (AvgIpc) is 3.60. The molecular weight excluding hydrogens is 540 g/mol. The fourth-order valence-corrected chi connectivity index (χ4v) is 5.76. The topological polar surface area (TPSA) is 125 Å². The van der Waals surface area contributed by atoms with Crippen LogP contribution in [0.25, 0.3) is 22.1 Å². The van der Waals surface area contributed by atoms with Gasteiger partial charge in [-0.2, -0.15) is 0 Å². The van der Waals surface area contributed by atoms with Gasteiger partial charge in [0.2, 0.25) is 0 Å². The Bertz CT molecular complexity index is 2150. The number of pyridine rings is 1. The summed E-state index contributed by atoms with van der Waals surface area (Å²) in [7, 11) is 0. The Morgan fingerprint density at radius 3 is 2.77 bits per heavy atom. The SMILES string of the molecule is CC(NC(=O)c1c(N)nn2cccnc12)c1cc2cccc(C#Cc3cnc4n3CCCC4)c2c(=O)n1-c1ccccc1. The number of amides is 1. The van der Waals surface area contributed by atoms with Crippen LogP contribution in [0.5, 0.6) is 0 Å². The number of aromatic nitrogens is 6. The number of imidazole rings is 1. The standard InChI is InChI=1S/C33H28N8O2/c1-21(37-32(42)29-30(34)38-40-18-8-16-35-31(29)40)26-19-23-10-7-9-22(14-15-25-20-36-27-13-5-6-17-39(25)27)28(23)33(43)41(26)24-11-3-2-4-12-24/h2-4,7-12,16,18-21H,5-6,13,17H2,1H3,(H2,34,38)(H,37,42). The number of benzene rings is 2. The minimum atomic E-state index is -0.573. The lowest BCUT2D eigenvalue weighted by Crippen LogP contribution is -2.32. The number of rotatable bonds is 4. The van der Waals surface area contributed by atoms with Crippen LogP contribution < -0.4 is 16.6 Å². The van der Waals surface area contributed by atoms with E-state index in [1.807, 2.05) is 67.7 Å². The van der Waals surface area contributed by atoms with E-state index in [-0.39, 0.29) is 16.9 Å². The van der Waals surface area contributed by atoms with Crippen LogP contribution in [0.4, 0.5) is 5.82 Å². The average molecular weight is 569 g/mol. The summed E-state index contributed by atoms with van der Waals surface area (Å²) in [4.78, 5) is 36.6. The van der Waals surface area contributed by atoms with Crippen molar-refractivity contribution in [2.45, 2.75) is 38.8 Å². The highest BCUT2D eigenvalue weighted by atomic mass is 16.2. The quantitative estimate of drug-likeness (QED) is 0.309. The molecule has 1 aliphatic rings. The van der Waals surface area contributed by atoms with Gasteiger partial charge in [0.05, 0.1) is 17.6 Å². The van der Waals surface area contributed by atoms with Gasteiger partial charge in [-0.3, -0.25) is 14.2 Å². The normalized spacial score (nSPS) is 13.3. The molecule has 0 fully saturated rings. The number of nitrogens with two attached hydrogens (primary N) is 1. The second kappa shape index (κ2) is 10.6. The van der Waals surface area contributed by atoms with E-state index in [0.29, 0.717) is 28.0 Å². The van der Waals surface area contributed by atoms with E-state index in [4.69, 9.17) is 5.73 Å². The van der Waals surface area contributed by atoms with Crippen molar-refractivity contribution in [2.24, 2.45) is 0 Å². The van der Waals surface area contributed by atoms with Gasteiger partial charge < -0.3 is 15.6 Å². The number of aryl methyl sites for hydroxylation is 1. The fraction of sp³-hybridized carbons (Fsp3) is 0.182. The van der Waals surface area contributed by atoms with Crippen molar-refractivity contribution in [1.82, 2.24) is 34.0 Å². The predicted molar refractivity (Wildman–Crippen MR) is 164 cm³/mol. The summed E-state index contributed by atoms with van der Waals surface area (Å²) in [5.41, 5.74) is 9.18. The number of hydrogen-bond donors (Lipinski definition) is 2. The van der Waals surface area contributed by atoms with E-state index >= 15 is 0 Å². The molecule has 5 heterocycles. The number of anilines is 1. The van der Waals surface area contributed by atoms with E-state index in [2.05, 4.69) is 36.8 Å². The molecule has 0 aliphatic carbocycles. The zero-order valence-electron chi connectivity index (χ0n) is 23.5. The van der Waals surface area contributed by atoms with Crippen LogP contribution in [0.3, 0.4) is 0 Å². The molecule has 0 bridgehead atoms. The van der Waals surface area contributed by atoms with Gasteiger partial charge in [-0.1, -0.05) is 36.3 Å². The third-order valence-electron chi connectivity index (χ3n) is 7.83. The van der Waals surface area contributed by atoms with Crippen molar-refractivity contribution < 1.29 is 4.79 Å². The van der Waals surface area contributed by atoms with Crippen LogP contribution in [0.15, 0.2) is 84.0 Å². The van der Waals surface area contributed by atoms with Crippen LogP contribution >= 0.6 is 0 Å². The van der Waals surface area contributed by atoms with Gasteiger partial charge in [0.15, 0.2) is 11.5 Å². The van der Waals surface area contributed by atoms with Gasteiger partial charge in [0.1, 0.15) is 17.1 Å². The third kappa shape index (κ3) is 4.61. The smallest absolute Gasteiger partial charge is 0.264 e. The number of nitrogens with one attached hydrogen (secondary N) is 1. The molecule has 3 N–H and O–H groups in total. The molecule has 0 radical (unpaired) electrons. The van der Waals surface area contributed by atoms with Crippen molar-refractivity contribution in [2.75, 3.05) is 5.73 Å². The summed E-state index contributed by atoms with van der Waals surface area (Å²) in [5, 5.41) is 8.45. The second-order valence-corrected chi connectivity index (χ2v) is 10.6. The fourth-order valence-electron chi connectivity index (χ4n) is 5.76. The maximum Gasteiger partial charge on any atom is 0.264 e. The van der Waals surface area contributed by atoms with Crippen LogP contribution in [-0.4, -0.2) is 34.6 Å². The Labute approximate surface area is 246 Å². The minimum absolute atomic E-state index is 0.0741. The van der Waals surface area contributed by atoms with Gasteiger partial charge in [-0.15, -0.1) is 5.10 Å². The number of nitrogens with zero attached hydrogens (tertiary/aromatic N) is 6. The highest BCUT2D eigenvalue weighted by molar-refractivity contribution is 6.04. The number of para-hydroxylation sites is 1. The lowest BCUT2D eigenvalue weighted by molar-refractivity contribution is 0.0941. The maximum atomic E-state index is 14.3.